The van der Waals surface area contributed by atoms with Gasteiger partial charge in [0.15, 0.2) is 0 Å². The van der Waals surface area contributed by atoms with Gasteiger partial charge in [-0.1, -0.05) is 42.5 Å². The van der Waals surface area contributed by atoms with Crippen LogP contribution >= 0.6 is 0 Å². The predicted molar refractivity (Wildman–Crippen MR) is 97.0 cm³/mol. The second-order valence-electron chi connectivity index (χ2n) is 6.65. The lowest BCUT2D eigenvalue weighted by atomic mass is 9.78. The van der Waals surface area contributed by atoms with Gasteiger partial charge < -0.3 is 15.6 Å². The highest BCUT2D eigenvalue weighted by Gasteiger charge is 2.37. The van der Waals surface area contributed by atoms with Crippen LogP contribution in [0.3, 0.4) is 0 Å². The van der Waals surface area contributed by atoms with Crippen molar-refractivity contribution in [3.05, 3.63) is 71.8 Å². The molecule has 0 spiro atoms. The minimum absolute atomic E-state index is 0.324. The number of aryl methyl sites for hydroxylation is 1. The van der Waals surface area contributed by atoms with Crippen molar-refractivity contribution < 1.29 is 14.6 Å². The lowest BCUT2D eigenvalue weighted by Crippen LogP contribution is -2.52. The maximum atomic E-state index is 11.5. The molecule has 0 aliphatic heterocycles. The Morgan fingerprint density at radius 1 is 1.04 bits per heavy atom. The van der Waals surface area contributed by atoms with Gasteiger partial charge in [0.05, 0.1) is 0 Å². The molecule has 3 aromatic carbocycles. The molecule has 0 amide bonds. The highest BCUT2D eigenvalue weighted by atomic mass is 16.5. The smallest absolute Gasteiger partial charge is 0.324 e. The van der Waals surface area contributed by atoms with Gasteiger partial charge in [-0.05, 0) is 47.6 Å². The van der Waals surface area contributed by atoms with E-state index >= 15 is 0 Å². The van der Waals surface area contributed by atoms with Crippen LogP contribution in [-0.2, 0) is 17.6 Å². The van der Waals surface area contributed by atoms with Gasteiger partial charge in [-0.25, -0.2) is 0 Å². The zero-order valence-corrected chi connectivity index (χ0v) is 13.7. The molecule has 4 rings (SSSR count). The Bertz CT molecular complexity index is 961. The van der Waals surface area contributed by atoms with Crippen LogP contribution in [0.25, 0.3) is 10.8 Å². The molecule has 1 atom stereocenters. The number of carboxylic acids is 1. The lowest BCUT2D eigenvalue weighted by Gasteiger charge is -2.31. The molecule has 1 aliphatic carbocycles. The number of hydrogen-bond donors (Lipinski definition) is 2. The van der Waals surface area contributed by atoms with Gasteiger partial charge in [-0.3, -0.25) is 4.79 Å². The minimum atomic E-state index is -1.19. The molecule has 0 heterocycles. The van der Waals surface area contributed by atoms with E-state index in [1.165, 1.54) is 0 Å². The quantitative estimate of drug-likeness (QED) is 0.762. The molecule has 0 aromatic heterocycles. The summed E-state index contributed by atoms with van der Waals surface area (Å²) in [6, 6.07) is 19.9. The topological polar surface area (TPSA) is 72.6 Å². The molecular formula is C21H19NO3. The van der Waals surface area contributed by atoms with Crippen LogP contribution < -0.4 is 10.5 Å². The number of ether oxygens (including phenoxy) is 1. The van der Waals surface area contributed by atoms with Crippen LogP contribution in [0.15, 0.2) is 60.7 Å². The molecule has 1 aliphatic rings. The van der Waals surface area contributed by atoms with Gasteiger partial charge in [0.1, 0.15) is 17.0 Å². The summed E-state index contributed by atoms with van der Waals surface area (Å²) in [5, 5.41) is 11.5. The first-order valence-electron chi connectivity index (χ1n) is 8.35. The summed E-state index contributed by atoms with van der Waals surface area (Å²) in [7, 11) is 0. The maximum Gasteiger partial charge on any atom is 0.324 e. The highest BCUT2D eigenvalue weighted by Crippen LogP contribution is 2.34. The monoisotopic (exact) mass is 333 g/mol. The minimum Gasteiger partial charge on any atom is -0.480 e. The molecule has 0 radical (unpaired) electrons. The molecule has 3 N–H and O–H groups in total. The Kier molecular flexibility index (Phi) is 3.70. The number of rotatable bonds is 3. The third-order valence-corrected chi connectivity index (χ3v) is 4.93. The van der Waals surface area contributed by atoms with E-state index in [2.05, 4.69) is 0 Å². The summed E-state index contributed by atoms with van der Waals surface area (Å²) < 4.78 is 6.10. The second kappa shape index (κ2) is 5.90. The molecule has 126 valence electrons. The Morgan fingerprint density at radius 3 is 2.68 bits per heavy atom. The van der Waals surface area contributed by atoms with Crippen molar-refractivity contribution in [1.82, 2.24) is 0 Å². The standard InChI is InChI=1S/C21H19NO3/c22-21(20(23)24)11-10-14-8-9-17(12-16(14)13-21)25-19-7-3-5-15-4-1-2-6-18(15)19/h1-9,12H,10-11,13,22H2,(H,23,24). The number of nitrogens with two attached hydrogens (primary N) is 1. The number of fused-ring (bicyclic) bond motifs is 2. The number of carboxylic acid groups (broad SMARTS) is 1. The van der Waals surface area contributed by atoms with Crippen molar-refractivity contribution in [2.45, 2.75) is 24.8 Å². The Morgan fingerprint density at radius 2 is 1.84 bits per heavy atom. The van der Waals surface area contributed by atoms with Gasteiger partial charge in [0, 0.05) is 11.8 Å². The van der Waals surface area contributed by atoms with Crippen LogP contribution in [0, 0.1) is 0 Å². The highest BCUT2D eigenvalue weighted by molar-refractivity contribution is 5.88. The first-order valence-corrected chi connectivity index (χ1v) is 8.35. The molecule has 0 saturated heterocycles. The summed E-state index contributed by atoms with van der Waals surface area (Å²) in [5.41, 5.74) is 6.96. The third kappa shape index (κ3) is 2.85. The van der Waals surface area contributed by atoms with Crippen molar-refractivity contribution >= 4 is 16.7 Å². The fourth-order valence-corrected chi connectivity index (χ4v) is 3.45. The van der Waals surface area contributed by atoms with Crippen LogP contribution in [0.1, 0.15) is 17.5 Å². The van der Waals surface area contributed by atoms with E-state index in [4.69, 9.17) is 10.5 Å². The predicted octanol–water partition coefficient (Wildman–Crippen LogP) is 3.90. The van der Waals surface area contributed by atoms with Crippen LogP contribution in [-0.4, -0.2) is 16.6 Å². The second-order valence-corrected chi connectivity index (χ2v) is 6.65. The molecule has 0 saturated carbocycles. The van der Waals surface area contributed by atoms with E-state index in [1.807, 2.05) is 60.7 Å². The fraction of sp³-hybridized carbons (Fsp3) is 0.190. The molecule has 4 heteroatoms. The fourth-order valence-electron chi connectivity index (χ4n) is 3.45. The van der Waals surface area contributed by atoms with Crippen molar-refractivity contribution in [1.29, 1.82) is 0 Å². The lowest BCUT2D eigenvalue weighted by molar-refractivity contribution is -0.143. The normalized spacial score (nSPS) is 19.4. The van der Waals surface area contributed by atoms with Crippen LogP contribution in [0.4, 0.5) is 0 Å². The van der Waals surface area contributed by atoms with Crippen LogP contribution in [0.2, 0.25) is 0 Å². The van der Waals surface area contributed by atoms with Crippen LogP contribution in [0.5, 0.6) is 11.5 Å². The Balaban J connectivity index is 1.68. The van der Waals surface area contributed by atoms with E-state index in [-0.39, 0.29) is 0 Å². The number of carbonyl (C=O) groups is 1. The maximum absolute atomic E-state index is 11.5. The van der Waals surface area contributed by atoms with Crippen molar-refractivity contribution in [2.75, 3.05) is 0 Å². The SMILES string of the molecule is NC1(C(=O)O)CCc2ccc(Oc3cccc4ccccc34)cc2C1. The number of benzene rings is 3. The van der Waals surface area contributed by atoms with Gasteiger partial charge >= 0.3 is 5.97 Å². The van der Waals surface area contributed by atoms with Gasteiger partial charge in [0.25, 0.3) is 0 Å². The third-order valence-electron chi connectivity index (χ3n) is 4.93. The van der Waals surface area contributed by atoms with E-state index < -0.39 is 11.5 Å². The van der Waals surface area contributed by atoms with Gasteiger partial charge in [0.2, 0.25) is 0 Å². The first kappa shape index (κ1) is 15.7. The van der Waals surface area contributed by atoms with E-state index in [1.54, 1.807) is 0 Å². The zero-order valence-electron chi connectivity index (χ0n) is 13.7. The summed E-state index contributed by atoms with van der Waals surface area (Å²) >= 11 is 0. The molecular weight excluding hydrogens is 314 g/mol. The summed E-state index contributed by atoms with van der Waals surface area (Å²) in [4.78, 5) is 11.5. The summed E-state index contributed by atoms with van der Waals surface area (Å²) in [5.74, 6) is 0.536. The Labute approximate surface area is 145 Å². The average Bonchev–Trinajstić information content (AvgIpc) is 2.61. The summed E-state index contributed by atoms with van der Waals surface area (Å²) in [6.07, 6.45) is 1.45. The molecule has 3 aromatic rings. The average molecular weight is 333 g/mol. The molecule has 1 unspecified atom stereocenters. The number of aliphatic carboxylic acids is 1. The van der Waals surface area contributed by atoms with Crippen molar-refractivity contribution in [3.63, 3.8) is 0 Å². The van der Waals surface area contributed by atoms with Crippen molar-refractivity contribution in [3.8, 4) is 11.5 Å². The number of hydrogen-bond acceptors (Lipinski definition) is 3. The van der Waals surface area contributed by atoms with E-state index in [0.29, 0.717) is 25.0 Å². The Hall–Kier alpha value is -2.85. The molecule has 0 fully saturated rings. The van der Waals surface area contributed by atoms with Crippen molar-refractivity contribution in [2.24, 2.45) is 5.73 Å². The molecule has 25 heavy (non-hydrogen) atoms. The van der Waals surface area contributed by atoms with Gasteiger partial charge in [-0.15, -0.1) is 0 Å². The van der Waals surface area contributed by atoms with Gasteiger partial charge in [-0.2, -0.15) is 0 Å². The van der Waals surface area contributed by atoms with E-state index in [0.717, 1.165) is 27.6 Å². The zero-order chi connectivity index (χ0) is 17.4. The molecule has 0 bridgehead atoms. The molecule has 4 nitrogen and oxygen atoms in total. The van der Waals surface area contributed by atoms with E-state index in [9.17, 15) is 9.90 Å². The summed E-state index contributed by atoms with van der Waals surface area (Å²) in [6.45, 7) is 0. The first-order chi connectivity index (χ1) is 12.0. The largest absolute Gasteiger partial charge is 0.480 e.